The van der Waals surface area contributed by atoms with Crippen molar-refractivity contribution in [3.63, 3.8) is 0 Å². The topological polar surface area (TPSA) is 82.8 Å². The molecule has 0 saturated heterocycles. The van der Waals surface area contributed by atoms with Crippen molar-refractivity contribution < 1.29 is 4.79 Å². The smallest absolute Gasteiger partial charge is 0.265 e. The molecule has 0 atom stereocenters. The fraction of sp³-hybridized carbons (Fsp3) is 0.125. The summed E-state index contributed by atoms with van der Waals surface area (Å²) in [5.74, 6) is -0.334. The molecule has 3 heterocycles. The van der Waals surface area contributed by atoms with Crippen LogP contribution in [0.3, 0.4) is 0 Å². The number of amides is 1. The van der Waals surface area contributed by atoms with Crippen molar-refractivity contribution in [2.24, 2.45) is 10.2 Å². The van der Waals surface area contributed by atoms with Crippen LogP contribution in [0.25, 0.3) is 11.3 Å². The van der Waals surface area contributed by atoms with Gasteiger partial charge in [0.25, 0.3) is 0 Å². The minimum atomic E-state index is -0.334. The van der Waals surface area contributed by atoms with E-state index in [1.54, 1.807) is 0 Å². The summed E-state index contributed by atoms with van der Waals surface area (Å²) in [7, 11) is 0. The van der Waals surface area contributed by atoms with E-state index in [0.717, 1.165) is 32.3 Å². The highest BCUT2D eigenvalue weighted by molar-refractivity contribution is 7.16. The molecule has 9 heteroatoms. The first-order valence-corrected chi connectivity index (χ1v) is 11.9. The van der Waals surface area contributed by atoms with E-state index in [2.05, 4.69) is 20.6 Å². The third kappa shape index (κ3) is 4.08. The van der Waals surface area contributed by atoms with Gasteiger partial charge in [-0.1, -0.05) is 72.0 Å². The lowest BCUT2D eigenvalue weighted by Crippen LogP contribution is -2.28. The van der Waals surface area contributed by atoms with Crippen molar-refractivity contribution in [1.29, 1.82) is 0 Å². The monoisotopic (exact) mass is 472 g/mol. The maximum absolute atomic E-state index is 13.4. The Kier molecular flexibility index (Phi) is 5.57. The summed E-state index contributed by atoms with van der Waals surface area (Å²) in [5, 5.41) is 11.5. The number of nitrogens with zero attached hydrogens (tertiary/aromatic N) is 5. The van der Waals surface area contributed by atoms with E-state index in [-0.39, 0.29) is 11.6 Å². The summed E-state index contributed by atoms with van der Waals surface area (Å²) >= 11 is 2.92. The van der Waals surface area contributed by atoms with Crippen LogP contribution in [0.1, 0.15) is 21.0 Å². The number of hydrazone groups is 2. The zero-order valence-corrected chi connectivity index (χ0v) is 19.9. The fourth-order valence-electron chi connectivity index (χ4n) is 3.38. The van der Waals surface area contributed by atoms with E-state index < -0.39 is 0 Å². The Labute approximate surface area is 199 Å². The summed E-state index contributed by atoms with van der Waals surface area (Å²) in [6.07, 6.45) is 0. The Morgan fingerprint density at radius 3 is 2.15 bits per heavy atom. The second-order valence-electron chi connectivity index (χ2n) is 7.43. The summed E-state index contributed by atoms with van der Waals surface area (Å²) in [6.45, 7) is 5.94. The van der Waals surface area contributed by atoms with Gasteiger partial charge in [0.15, 0.2) is 5.71 Å². The van der Waals surface area contributed by atoms with Gasteiger partial charge in [0.05, 0.1) is 11.4 Å². The minimum absolute atomic E-state index is 0.223. The van der Waals surface area contributed by atoms with Crippen LogP contribution in [-0.2, 0) is 4.79 Å². The van der Waals surface area contributed by atoms with Gasteiger partial charge in [-0.25, -0.2) is 9.97 Å². The summed E-state index contributed by atoms with van der Waals surface area (Å²) < 4.78 is 0. The van der Waals surface area contributed by atoms with Gasteiger partial charge in [-0.05, 0) is 20.8 Å². The molecule has 33 heavy (non-hydrogen) atoms. The molecule has 0 radical (unpaired) electrons. The van der Waals surface area contributed by atoms with Crippen molar-refractivity contribution in [2.45, 2.75) is 20.8 Å². The number of aromatic nitrogens is 2. The molecule has 7 nitrogen and oxygen atoms in total. The first kappa shape index (κ1) is 21.2. The first-order chi connectivity index (χ1) is 16.0. The van der Waals surface area contributed by atoms with E-state index >= 15 is 0 Å². The van der Waals surface area contributed by atoms with Crippen molar-refractivity contribution >= 4 is 50.3 Å². The number of carbonyl (C=O) groups is 1. The molecule has 0 fully saturated rings. The average Bonchev–Trinajstić information content (AvgIpc) is 3.48. The standard InChI is InChI=1S/C24H20N6OS2/c1-14-15(2)32-23(25-14)28-27-21-20(18-12-8-5-9-13-18)29-30(22(21)31)24-26-19(16(3)33-24)17-10-6-4-7-11-17/h4-13H,1-3H3,(H,25,28). The molecule has 1 amide bonds. The molecule has 164 valence electrons. The van der Waals surface area contributed by atoms with Crippen molar-refractivity contribution in [3.05, 3.63) is 81.7 Å². The van der Waals surface area contributed by atoms with E-state index in [0.29, 0.717) is 16.0 Å². The van der Waals surface area contributed by atoms with E-state index in [4.69, 9.17) is 4.98 Å². The van der Waals surface area contributed by atoms with Gasteiger partial charge in [-0.15, -0.1) is 11.3 Å². The van der Waals surface area contributed by atoms with Gasteiger partial charge in [-0.2, -0.15) is 15.2 Å². The van der Waals surface area contributed by atoms with Crippen LogP contribution in [0.2, 0.25) is 0 Å². The average molecular weight is 473 g/mol. The van der Waals surface area contributed by atoms with Gasteiger partial charge in [-0.3, -0.25) is 10.2 Å². The number of carbonyl (C=O) groups excluding carboxylic acids is 1. The number of hydrogen-bond donors (Lipinski definition) is 1. The van der Waals surface area contributed by atoms with Gasteiger partial charge in [0.1, 0.15) is 5.71 Å². The molecule has 1 N–H and O–H groups in total. The Morgan fingerprint density at radius 2 is 1.52 bits per heavy atom. The fourth-order valence-corrected chi connectivity index (χ4v) is 5.01. The highest BCUT2D eigenvalue weighted by atomic mass is 32.1. The maximum Gasteiger partial charge on any atom is 0.303 e. The summed E-state index contributed by atoms with van der Waals surface area (Å²) in [6, 6.07) is 19.5. The number of nitrogens with one attached hydrogen (secondary N) is 1. The Bertz CT molecular complexity index is 1370. The Hall–Kier alpha value is -3.69. The molecule has 2 aromatic carbocycles. The quantitative estimate of drug-likeness (QED) is 0.394. The molecular weight excluding hydrogens is 452 g/mol. The third-order valence-electron chi connectivity index (χ3n) is 5.17. The number of rotatable bonds is 5. The molecular formula is C24H20N6OS2. The molecule has 0 bridgehead atoms. The number of aryl methyl sites for hydroxylation is 3. The molecule has 0 unspecified atom stereocenters. The number of hydrogen-bond acceptors (Lipinski definition) is 8. The summed E-state index contributed by atoms with van der Waals surface area (Å²) in [5.41, 5.74) is 7.24. The van der Waals surface area contributed by atoms with Crippen LogP contribution in [0.5, 0.6) is 0 Å². The molecule has 0 saturated carbocycles. The summed E-state index contributed by atoms with van der Waals surface area (Å²) in [4.78, 5) is 24.7. The van der Waals surface area contributed by atoms with Gasteiger partial charge in [0, 0.05) is 20.9 Å². The Morgan fingerprint density at radius 1 is 0.848 bits per heavy atom. The lowest BCUT2D eigenvalue weighted by atomic mass is 10.1. The first-order valence-electron chi connectivity index (χ1n) is 10.3. The lowest BCUT2D eigenvalue weighted by molar-refractivity contribution is -0.112. The van der Waals surface area contributed by atoms with Gasteiger partial charge >= 0.3 is 5.91 Å². The molecule has 1 aliphatic rings. The van der Waals surface area contributed by atoms with Crippen molar-refractivity contribution in [2.75, 3.05) is 10.4 Å². The predicted octanol–water partition coefficient (Wildman–Crippen LogP) is 5.41. The highest BCUT2D eigenvalue weighted by Crippen LogP contribution is 2.34. The Balaban J connectivity index is 1.53. The van der Waals surface area contributed by atoms with Gasteiger partial charge in [0.2, 0.25) is 10.3 Å². The molecule has 5 rings (SSSR count). The van der Waals surface area contributed by atoms with Crippen molar-refractivity contribution in [3.8, 4) is 11.3 Å². The zero-order chi connectivity index (χ0) is 22.9. The van der Waals surface area contributed by atoms with Crippen LogP contribution in [0.15, 0.2) is 70.9 Å². The zero-order valence-electron chi connectivity index (χ0n) is 18.2. The number of benzene rings is 2. The van der Waals surface area contributed by atoms with Crippen LogP contribution in [0.4, 0.5) is 10.3 Å². The van der Waals surface area contributed by atoms with Crippen LogP contribution in [0, 0.1) is 20.8 Å². The van der Waals surface area contributed by atoms with Crippen LogP contribution in [-0.4, -0.2) is 27.3 Å². The second kappa shape index (κ2) is 8.68. The maximum atomic E-state index is 13.4. The normalized spacial score (nSPS) is 14.8. The van der Waals surface area contributed by atoms with Gasteiger partial charge < -0.3 is 0 Å². The largest absolute Gasteiger partial charge is 0.303 e. The number of anilines is 2. The second-order valence-corrected chi connectivity index (χ2v) is 9.82. The molecule has 4 aromatic rings. The molecule has 0 spiro atoms. The molecule has 2 aromatic heterocycles. The van der Waals surface area contributed by atoms with Crippen molar-refractivity contribution in [1.82, 2.24) is 9.97 Å². The third-order valence-corrected chi connectivity index (χ3v) is 7.10. The minimum Gasteiger partial charge on any atom is -0.265 e. The predicted molar refractivity (Wildman–Crippen MR) is 135 cm³/mol. The lowest BCUT2D eigenvalue weighted by Gasteiger charge is -2.06. The van der Waals surface area contributed by atoms with E-state index in [1.807, 2.05) is 81.4 Å². The SMILES string of the molecule is Cc1nc(NN=C2C(=O)N(c3nc(-c4ccccc4)c(C)s3)N=C2c2ccccc2)sc1C. The highest BCUT2D eigenvalue weighted by Gasteiger charge is 2.36. The van der Waals surface area contributed by atoms with E-state index in [9.17, 15) is 4.79 Å². The van der Waals surface area contributed by atoms with Crippen LogP contribution >= 0.6 is 22.7 Å². The van der Waals surface area contributed by atoms with Crippen LogP contribution < -0.4 is 10.4 Å². The molecule has 1 aliphatic heterocycles. The molecule has 0 aliphatic carbocycles. The number of thiazole rings is 2. The van der Waals surface area contributed by atoms with E-state index in [1.165, 1.54) is 27.7 Å².